The van der Waals surface area contributed by atoms with Gasteiger partial charge >= 0.3 is 0 Å². The third-order valence-electron chi connectivity index (χ3n) is 4.39. The quantitative estimate of drug-likeness (QED) is 0.512. The van der Waals surface area contributed by atoms with Crippen molar-refractivity contribution in [3.05, 3.63) is 53.9 Å². The number of amides is 1. The average molecular weight is 402 g/mol. The average Bonchev–Trinajstić information content (AvgIpc) is 2.72. The molecule has 0 unspecified atom stereocenters. The van der Waals surface area contributed by atoms with E-state index in [-0.39, 0.29) is 18.6 Å². The van der Waals surface area contributed by atoms with Crippen molar-refractivity contribution in [3.8, 4) is 5.75 Å². The van der Waals surface area contributed by atoms with Crippen molar-refractivity contribution in [1.82, 2.24) is 9.88 Å². The summed E-state index contributed by atoms with van der Waals surface area (Å²) in [6.45, 7) is 6.19. The first-order valence-corrected chi connectivity index (χ1v) is 10.5. The van der Waals surface area contributed by atoms with E-state index >= 15 is 0 Å². The van der Waals surface area contributed by atoms with E-state index in [1.165, 1.54) is 11.1 Å². The highest BCUT2D eigenvalue weighted by Gasteiger charge is 2.21. The molecule has 0 radical (unpaired) electrons. The van der Waals surface area contributed by atoms with Gasteiger partial charge in [-0.1, -0.05) is 18.0 Å². The van der Waals surface area contributed by atoms with Crippen LogP contribution in [0.15, 0.2) is 42.7 Å². The van der Waals surface area contributed by atoms with Crippen molar-refractivity contribution in [2.24, 2.45) is 0 Å². The molecule has 1 aromatic carbocycles. The largest absolute Gasteiger partial charge is 0.482 e. The maximum absolute atomic E-state index is 12.5. The van der Waals surface area contributed by atoms with E-state index in [0.717, 1.165) is 24.5 Å². The summed E-state index contributed by atoms with van der Waals surface area (Å²) in [7, 11) is 0. The minimum Gasteiger partial charge on any atom is -0.482 e. The predicted molar refractivity (Wildman–Crippen MR) is 112 cm³/mol. The topological polar surface area (TPSA) is 63.7 Å². The molecule has 0 aliphatic carbocycles. The lowest BCUT2D eigenvalue weighted by Gasteiger charge is -2.29. The summed E-state index contributed by atoms with van der Waals surface area (Å²) in [4.78, 5) is 18.3. The number of pyridine rings is 1. The molecule has 0 bridgehead atoms. The highest BCUT2D eigenvalue weighted by Crippen LogP contribution is 2.24. The summed E-state index contributed by atoms with van der Waals surface area (Å²) >= 11 is 1.65. The molecule has 6 nitrogen and oxygen atoms in total. The van der Waals surface area contributed by atoms with Gasteiger partial charge in [-0.05, 0) is 55.7 Å². The van der Waals surface area contributed by atoms with Gasteiger partial charge in [0.15, 0.2) is 6.61 Å². The van der Waals surface area contributed by atoms with E-state index in [4.69, 9.17) is 9.47 Å². The summed E-state index contributed by atoms with van der Waals surface area (Å²) in [5.41, 5.74) is 3.58. The Balaban J connectivity index is 1.46. The molecule has 1 aliphatic rings. The van der Waals surface area contributed by atoms with Gasteiger partial charge in [0.1, 0.15) is 5.75 Å². The van der Waals surface area contributed by atoms with E-state index in [9.17, 15) is 4.79 Å². The number of nitrogens with one attached hydrogen (secondary N) is 1. The Hall–Kier alpha value is -2.25. The second kappa shape index (κ2) is 10.3. The first-order valence-electron chi connectivity index (χ1n) is 9.53. The third-order valence-corrected chi connectivity index (χ3v) is 5.15. The van der Waals surface area contributed by atoms with E-state index in [1.54, 1.807) is 36.5 Å². The molecular formula is C21H27N3O3S. The number of aromatic nitrogens is 1. The number of carbonyl (C=O) groups excluding carboxylic acids is 1. The maximum Gasteiger partial charge on any atom is 0.260 e. The molecule has 1 N–H and O–H groups in total. The molecule has 2 heterocycles. The van der Waals surface area contributed by atoms with Gasteiger partial charge in [0.2, 0.25) is 0 Å². The summed E-state index contributed by atoms with van der Waals surface area (Å²) in [5, 5.41) is 0. The number of hydrogen-bond acceptors (Lipinski definition) is 6. The Morgan fingerprint density at radius 1 is 1.32 bits per heavy atom. The number of anilines is 1. The SMILES string of the molecule is CC(C)OCCSNc1ccc2c(c1)CCN(C(=O)COc1cccnc1)C2. The Bertz CT molecular complexity index is 771. The molecule has 0 spiro atoms. The molecule has 3 rings (SSSR count). The van der Waals surface area contributed by atoms with Crippen LogP contribution in [0.4, 0.5) is 5.69 Å². The zero-order chi connectivity index (χ0) is 19.8. The Kier molecular flexibility index (Phi) is 7.56. The van der Waals surface area contributed by atoms with Crippen molar-refractivity contribution in [2.75, 3.05) is 30.2 Å². The molecule has 1 aromatic heterocycles. The summed E-state index contributed by atoms with van der Waals surface area (Å²) in [5.74, 6) is 1.51. The molecule has 0 atom stereocenters. The first kappa shape index (κ1) is 20.5. The molecule has 7 heteroatoms. The second-order valence-electron chi connectivity index (χ2n) is 6.90. The van der Waals surface area contributed by atoms with Crippen LogP contribution in [-0.2, 0) is 22.5 Å². The number of fused-ring (bicyclic) bond motifs is 1. The van der Waals surface area contributed by atoms with Crippen LogP contribution >= 0.6 is 11.9 Å². The fourth-order valence-electron chi connectivity index (χ4n) is 2.96. The van der Waals surface area contributed by atoms with Gasteiger partial charge in [0, 0.05) is 30.7 Å². The minimum absolute atomic E-state index is 0.00240. The van der Waals surface area contributed by atoms with Gasteiger partial charge in [-0.15, -0.1) is 0 Å². The van der Waals surface area contributed by atoms with Crippen LogP contribution < -0.4 is 9.46 Å². The normalized spacial score (nSPS) is 13.3. The van der Waals surface area contributed by atoms with Crippen LogP contribution in [0.1, 0.15) is 25.0 Å². The van der Waals surface area contributed by atoms with Crippen molar-refractivity contribution in [2.45, 2.75) is 32.9 Å². The zero-order valence-electron chi connectivity index (χ0n) is 16.4. The van der Waals surface area contributed by atoms with Crippen molar-refractivity contribution >= 4 is 23.5 Å². The second-order valence-corrected chi connectivity index (χ2v) is 7.80. The van der Waals surface area contributed by atoms with E-state index < -0.39 is 0 Å². The lowest BCUT2D eigenvalue weighted by molar-refractivity contribution is -0.134. The molecule has 0 saturated carbocycles. The van der Waals surface area contributed by atoms with Crippen molar-refractivity contribution < 1.29 is 14.3 Å². The molecule has 1 aliphatic heterocycles. The number of ether oxygens (including phenoxy) is 2. The van der Waals surface area contributed by atoms with Crippen LogP contribution in [0.5, 0.6) is 5.75 Å². The number of rotatable bonds is 9. The molecule has 150 valence electrons. The Labute approximate surface area is 170 Å². The van der Waals surface area contributed by atoms with Gasteiger partial charge in [0.05, 0.1) is 18.9 Å². The number of benzene rings is 1. The molecule has 0 saturated heterocycles. The van der Waals surface area contributed by atoms with Crippen LogP contribution in [0.3, 0.4) is 0 Å². The molecular weight excluding hydrogens is 374 g/mol. The maximum atomic E-state index is 12.5. The van der Waals surface area contributed by atoms with Crippen LogP contribution in [0.25, 0.3) is 0 Å². The highest BCUT2D eigenvalue weighted by molar-refractivity contribution is 8.00. The van der Waals surface area contributed by atoms with Gasteiger partial charge in [-0.2, -0.15) is 0 Å². The Morgan fingerprint density at radius 3 is 3.00 bits per heavy atom. The van der Waals surface area contributed by atoms with Crippen LogP contribution in [-0.4, -0.2) is 47.4 Å². The molecule has 0 fully saturated rings. The van der Waals surface area contributed by atoms with E-state index in [2.05, 4.69) is 27.9 Å². The van der Waals surface area contributed by atoms with Crippen molar-refractivity contribution in [3.63, 3.8) is 0 Å². The summed E-state index contributed by atoms with van der Waals surface area (Å²) in [6.07, 6.45) is 4.41. The highest BCUT2D eigenvalue weighted by atomic mass is 32.2. The third kappa shape index (κ3) is 6.14. The van der Waals surface area contributed by atoms with Gasteiger partial charge in [0.25, 0.3) is 5.91 Å². The van der Waals surface area contributed by atoms with Crippen molar-refractivity contribution in [1.29, 1.82) is 0 Å². The monoisotopic (exact) mass is 401 g/mol. The predicted octanol–water partition coefficient (Wildman–Crippen LogP) is 3.53. The number of hydrogen-bond donors (Lipinski definition) is 1. The summed E-state index contributed by atoms with van der Waals surface area (Å²) in [6, 6.07) is 9.94. The smallest absolute Gasteiger partial charge is 0.260 e. The van der Waals surface area contributed by atoms with Crippen LogP contribution in [0.2, 0.25) is 0 Å². The Morgan fingerprint density at radius 2 is 2.21 bits per heavy atom. The molecule has 28 heavy (non-hydrogen) atoms. The number of nitrogens with zero attached hydrogens (tertiary/aromatic N) is 2. The summed E-state index contributed by atoms with van der Waals surface area (Å²) < 4.78 is 14.4. The fourth-order valence-corrected chi connectivity index (χ4v) is 3.53. The lowest BCUT2D eigenvalue weighted by atomic mass is 9.99. The van der Waals surface area contributed by atoms with Gasteiger partial charge in [-0.25, -0.2) is 0 Å². The first-order chi connectivity index (χ1) is 13.6. The zero-order valence-corrected chi connectivity index (χ0v) is 17.2. The fraction of sp³-hybridized carbons (Fsp3) is 0.429. The number of carbonyl (C=O) groups is 1. The standard InChI is InChI=1S/C21H27N3O3S/c1-16(2)26-10-11-28-23-19-6-5-18-14-24(9-7-17(18)12-19)21(25)15-27-20-4-3-8-22-13-20/h3-6,8,12-13,16,23H,7,9-11,14-15H2,1-2H3. The molecule has 2 aromatic rings. The lowest BCUT2D eigenvalue weighted by Crippen LogP contribution is -2.38. The van der Waals surface area contributed by atoms with Gasteiger partial charge < -0.3 is 19.1 Å². The molecule has 1 amide bonds. The van der Waals surface area contributed by atoms with Crippen LogP contribution in [0, 0.1) is 0 Å². The van der Waals surface area contributed by atoms with E-state index in [1.807, 2.05) is 18.7 Å². The van der Waals surface area contributed by atoms with E-state index in [0.29, 0.717) is 18.8 Å². The minimum atomic E-state index is -0.00240. The van der Waals surface area contributed by atoms with Gasteiger partial charge in [-0.3, -0.25) is 9.78 Å².